The molecule has 0 fully saturated rings. The average molecular weight is 96.1 g/mol. The van der Waals surface area contributed by atoms with E-state index in [2.05, 4.69) is 19.9 Å². The van der Waals surface area contributed by atoms with Gasteiger partial charge in [-0.15, -0.1) is 0 Å². The zero-order valence-electron chi connectivity index (χ0n) is 3.01. The van der Waals surface area contributed by atoms with Gasteiger partial charge in [-0.3, -0.25) is 0 Å². The third-order valence-electron chi connectivity index (χ3n) is 0.438. The van der Waals surface area contributed by atoms with E-state index in [1.54, 1.807) is 6.07 Å². The van der Waals surface area contributed by atoms with E-state index in [4.69, 9.17) is 0 Å². The Morgan fingerprint density at radius 1 is 1.83 bits per heavy atom. The maximum atomic E-state index is 4.42. The molecular weight excluding hydrogens is 94.1 g/mol. The Bertz CT molecular complexity index is 114. The molecule has 1 aromatic rings. The second-order valence-electron chi connectivity index (χ2n) is 0.885. The van der Waals surface area contributed by atoms with Crippen LogP contribution in [-0.4, -0.2) is 15.4 Å². The Hall–Kier alpha value is -0.573. The smallest absolute Gasteiger partial charge is 0.123 e. The van der Waals surface area contributed by atoms with Gasteiger partial charge in [-0.25, -0.2) is 0 Å². The highest BCUT2D eigenvalue weighted by Gasteiger charge is 1.78. The number of nitrogens with zero attached hydrogens (tertiary/aromatic N) is 1. The summed E-state index contributed by atoms with van der Waals surface area (Å²) in [4.78, 5) is 0. The third-order valence-corrected chi connectivity index (χ3v) is 0.696. The second-order valence-corrected chi connectivity index (χ2v) is 1.40. The predicted octanol–water partition coefficient (Wildman–Crippen LogP) is -0.532. The van der Waals surface area contributed by atoms with E-state index < -0.39 is 0 Å². The van der Waals surface area contributed by atoms with Crippen molar-refractivity contribution in [1.29, 1.82) is 0 Å². The predicted molar refractivity (Wildman–Crippen MR) is 21.9 cm³/mol. The maximum Gasteiger partial charge on any atom is 0.123 e. The van der Waals surface area contributed by atoms with E-state index in [9.17, 15) is 0 Å². The normalized spacial score (nSPS) is 8.83. The number of hydrogen-bond acceptors (Lipinski definition) is 2. The largest absolute Gasteiger partial charge is 0.365 e. The minimum atomic E-state index is 0.731. The fourth-order valence-corrected chi connectivity index (χ4v) is 0.333. The Morgan fingerprint density at radius 2 is 2.67 bits per heavy atom. The van der Waals surface area contributed by atoms with Crippen LogP contribution in [0.25, 0.3) is 0 Å². The van der Waals surface area contributed by atoms with Crippen molar-refractivity contribution in [2.24, 2.45) is 0 Å². The van der Waals surface area contributed by atoms with Crippen molar-refractivity contribution in [3.05, 3.63) is 12.3 Å². The first-order valence-electron chi connectivity index (χ1n) is 1.51. The summed E-state index contributed by atoms with van der Waals surface area (Å²) in [5.74, 6) is 0. The van der Waals surface area contributed by atoms with Crippen LogP contribution in [0.15, 0.2) is 16.9 Å². The molecule has 0 unspecified atom stereocenters. The lowest BCUT2D eigenvalue weighted by molar-refractivity contribution is 0.425. The fourth-order valence-electron chi connectivity index (χ4n) is 0.213. The molecule has 0 aliphatic carbocycles. The molecule has 0 spiro atoms. The summed E-state index contributed by atoms with van der Waals surface area (Å²) in [5.41, 5.74) is 0. The van der Waals surface area contributed by atoms with Gasteiger partial charge in [0.2, 0.25) is 0 Å². The zero-order chi connectivity index (χ0) is 4.41. The quantitative estimate of drug-likeness (QED) is 0.406. The molecule has 1 aromatic heterocycles. The van der Waals surface area contributed by atoms with Crippen molar-refractivity contribution in [1.82, 2.24) is 5.16 Å². The van der Waals surface area contributed by atoms with Crippen LogP contribution in [0.1, 0.15) is 0 Å². The van der Waals surface area contributed by atoms with Crippen molar-refractivity contribution in [2.45, 2.75) is 0 Å². The highest BCUT2D eigenvalue weighted by molar-refractivity contribution is 6.30. The molecule has 0 saturated heterocycles. The molecule has 2 nitrogen and oxygen atoms in total. The van der Waals surface area contributed by atoms with Crippen LogP contribution in [-0.2, 0) is 0 Å². The van der Waals surface area contributed by atoms with Gasteiger partial charge in [0.1, 0.15) is 16.5 Å². The summed E-state index contributed by atoms with van der Waals surface area (Å²) < 4.78 is 4.42. The Labute approximate surface area is 38.6 Å². The van der Waals surface area contributed by atoms with Gasteiger partial charge in [-0.1, -0.05) is 5.16 Å². The van der Waals surface area contributed by atoms with E-state index in [-0.39, 0.29) is 0 Å². The first kappa shape index (κ1) is 3.61. The topological polar surface area (TPSA) is 26.0 Å². The van der Waals surface area contributed by atoms with Gasteiger partial charge >= 0.3 is 0 Å². The van der Waals surface area contributed by atoms with E-state index in [1.165, 1.54) is 6.26 Å². The second kappa shape index (κ2) is 1.26. The number of rotatable bonds is 0. The summed E-state index contributed by atoms with van der Waals surface area (Å²) in [7, 11) is 3.12. The van der Waals surface area contributed by atoms with Crippen LogP contribution in [0, 0.1) is 0 Å². The SMILES string of the molecule is [Si]c1ccon1. The standard InChI is InChI=1S/C3H2NOSi/c6-3-1-2-5-4-3/h1-2H. The van der Waals surface area contributed by atoms with Crippen LogP contribution >= 0.6 is 0 Å². The van der Waals surface area contributed by atoms with Crippen molar-refractivity contribution in [3.63, 3.8) is 0 Å². The van der Waals surface area contributed by atoms with Crippen LogP contribution in [0.4, 0.5) is 0 Å². The molecule has 29 valence electrons. The van der Waals surface area contributed by atoms with Crippen LogP contribution in [0.5, 0.6) is 0 Å². The lowest BCUT2D eigenvalue weighted by Crippen LogP contribution is -1.98. The molecule has 0 saturated carbocycles. The molecule has 0 aliphatic rings. The van der Waals surface area contributed by atoms with Crippen LogP contribution < -0.4 is 5.32 Å². The first-order valence-corrected chi connectivity index (χ1v) is 2.01. The molecule has 0 bridgehead atoms. The monoisotopic (exact) mass is 96.0 g/mol. The fraction of sp³-hybridized carbons (Fsp3) is 0. The van der Waals surface area contributed by atoms with Gasteiger partial charge < -0.3 is 4.52 Å². The van der Waals surface area contributed by atoms with E-state index in [0.717, 1.165) is 5.32 Å². The summed E-state index contributed by atoms with van der Waals surface area (Å²) in [6.07, 6.45) is 1.50. The molecule has 3 heteroatoms. The molecule has 0 aromatic carbocycles. The highest BCUT2D eigenvalue weighted by atomic mass is 28.1. The minimum absolute atomic E-state index is 0.731. The van der Waals surface area contributed by atoms with Gasteiger partial charge in [0, 0.05) is 0 Å². The van der Waals surface area contributed by atoms with Gasteiger partial charge in [0.15, 0.2) is 0 Å². The Kier molecular flexibility index (Phi) is 0.758. The molecule has 0 N–H and O–H groups in total. The molecule has 1 heterocycles. The van der Waals surface area contributed by atoms with Crippen LogP contribution in [0.3, 0.4) is 0 Å². The summed E-state index contributed by atoms with van der Waals surface area (Å²) in [6.45, 7) is 0. The minimum Gasteiger partial charge on any atom is -0.365 e. The Morgan fingerprint density at radius 3 is 2.83 bits per heavy atom. The lowest BCUT2D eigenvalue weighted by atomic mass is 10.8. The van der Waals surface area contributed by atoms with Gasteiger partial charge in [0.05, 0.1) is 5.32 Å². The zero-order valence-corrected chi connectivity index (χ0v) is 4.01. The summed E-state index contributed by atoms with van der Waals surface area (Å²) in [6, 6.07) is 1.72. The summed E-state index contributed by atoms with van der Waals surface area (Å²) >= 11 is 0. The molecule has 3 radical (unpaired) electrons. The van der Waals surface area contributed by atoms with Gasteiger partial charge in [-0.2, -0.15) is 0 Å². The molecule has 0 aliphatic heterocycles. The summed E-state index contributed by atoms with van der Waals surface area (Å²) in [5, 5.41) is 4.19. The maximum absolute atomic E-state index is 4.42. The van der Waals surface area contributed by atoms with Gasteiger partial charge in [0.25, 0.3) is 0 Å². The number of hydrogen-bond donors (Lipinski definition) is 0. The van der Waals surface area contributed by atoms with E-state index in [1.807, 2.05) is 0 Å². The van der Waals surface area contributed by atoms with Crippen molar-refractivity contribution in [3.8, 4) is 0 Å². The van der Waals surface area contributed by atoms with Crippen LogP contribution in [0.2, 0.25) is 0 Å². The lowest BCUT2D eigenvalue weighted by Gasteiger charge is -1.61. The van der Waals surface area contributed by atoms with Crippen molar-refractivity contribution >= 4 is 15.6 Å². The van der Waals surface area contributed by atoms with Gasteiger partial charge in [-0.05, 0) is 6.07 Å². The molecular formula is C3H2NOSi. The average Bonchev–Trinajstić information content (AvgIpc) is 1.86. The third kappa shape index (κ3) is 0.489. The van der Waals surface area contributed by atoms with Crippen molar-refractivity contribution < 1.29 is 4.52 Å². The highest BCUT2D eigenvalue weighted by Crippen LogP contribution is 1.68. The van der Waals surface area contributed by atoms with E-state index >= 15 is 0 Å². The molecule has 1 rings (SSSR count). The van der Waals surface area contributed by atoms with Crippen molar-refractivity contribution in [2.75, 3.05) is 0 Å². The Balaban J connectivity index is 3.05. The van der Waals surface area contributed by atoms with E-state index in [0.29, 0.717) is 0 Å². The molecule has 0 atom stereocenters. The first-order chi connectivity index (χ1) is 2.89. The molecule has 0 amide bonds. The molecule has 6 heavy (non-hydrogen) atoms. The number of aromatic nitrogens is 1.